The zero-order valence-corrected chi connectivity index (χ0v) is 6.64. The summed E-state index contributed by atoms with van der Waals surface area (Å²) in [6.45, 7) is 3.80. The summed E-state index contributed by atoms with van der Waals surface area (Å²) >= 11 is 0. The highest BCUT2D eigenvalue weighted by Gasteiger charge is 2.24. The molecule has 2 N–H and O–H groups in total. The normalized spacial score (nSPS) is 22.2. The van der Waals surface area contributed by atoms with Gasteiger partial charge in [-0.05, 0) is 25.3 Å². The van der Waals surface area contributed by atoms with Gasteiger partial charge in [-0.1, -0.05) is 13.3 Å². The van der Waals surface area contributed by atoms with E-state index in [1.54, 1.807) is 0 Å². The summed E-state index contributed by atoms with van der Waals surface area (Å²) in [4.78, 5) is 0. The first-order valence-corrected chi connectivity index (χ1v) is 4.23. The van der Waals surface area contributed by atoms with Crippen LogP contribution in [-0.2, 0) is 0 Å². The zero-order chi connectivity index (χ0) is 7.40. The minimum Gasteiger partial charge on any atom is -0.392 e. The monoisotopic (exact) mass is 143 g/mol. The molecule has 1 rings (SSSR count). The van der Waals surface area contributed by atoms with Crippen molar-refractivity contribution in [2.45, 2.75) is 32.3 Å². The highest BCUT2D eigenvalue weighted by atomic mass is 16.3. The molecule has 0 bridgehead atoms. The van der Waals surface area contributed by atoms with Crippen molar-refractivity contribution in [2.75, 3.05) is 13.1 Å². The second-order valence-corrected chi connectivity index (χ2v) is 3.07. The number of nitrogens with one attached hydrogen (secondary N) is 1. The molecule has 0 aromatic rings. The second-order valence-electron chi connectivity index (χ2n) is 3.07. The summed E-state index contributed by atoms with van der Waals surface area (Å²) in [5.74, 6) is 0.596. The Bertz CT molecular complexity index is 91.3. The molecule has 0 aromatic heterocycles. The van der Waals surface area contributed by atoms with Crippen LogP contribution in [0.25, 0.3) is 0 Å². The zero-order valence-electron chi connectivity index (χ0n) is 6.64. The number of rotatable bonds is 4. The van der Waals surface area contributed by atoms with Crippen LogP contribution in [0.3, 0.4) is 0 Å². The first kappa shape index (κ1) is 8.02. The van der Waals surface area contributed by atoms with Gasteiger partial charge < -0.3 is 10.4 Å². The third-order valence-electron chi connectivity index (χ3n) is 2.30. The number of aliphatic hydroxyl groups is 1. The lowest BCUT2D eigenvalue weighted by atomic mass is 9.81. The van der Waals surface area contributed by atoms with E-state index in [0.717, 1.165) is 13.1 Å². The molecule has 0 aromatic carbocycles. The van der Waals surface area contributed by atoms with Crippen molar-refractivity contribution in [2.24, 2.45) is 5.92 Å². The quantitative estimate of drug-likeness (QED) is 0.609. The Hall–Kier alpha value is -0.0800. The number of hydrogen-bond acceptors (Lipinski definition) is 2. The molecule has 10 heavy (non-hydrogen) atoms. The summed E-state index contributed by atoms with van der Waals surface area (Å²) in [6, 6.07) is 0. The molecule has 0 aliphatic heterocycles. The Balaban J connectivity index is 2.02. The molecule has 0 spiro atoms. The highest BCUT2D eigenvalue weighted by molar-refractivity contribution is 4.77. The number of hydrogen-bond donors (Lipinski definition) is 2. The van der Waals surface area contributed by atoms with Crippen LogP contribution in [0.1, 0.15) is 26.2 Å². The average Bonchev–Trinajstić information content (AvgIpc) is 1.79. The summed E-state index contributed by atoms with van der Waals surface area (Å²) in [5.41, 5.74) is 0. The predicted molar refractivity (Wildman–Crippen MR) is 41.9 cm³/mol. The van der Waals surface area contributed by atoms with Crippen molar-refractivity contribution in [1.29, 1.82) is 0 Å². The van der Waals surface area contributed by atoms with Crippen molar-refractivity contribution in [1.82, 2.24) is 5.32 Å². The highest BCUT2D eigenvalue weighted by Crippen LogP contribution is 2.29. The van der Waals surface area contributed by atoms with E-state index in [2.05, 4.69) is 12.2 Å². The molecular formula is C8H17NO. The van der Waals surface area contributed by atoms with Crippen LogP contribution in [0.2, 0.25) is 0 Å². The van der Waals surface area contributed by atoms with Gasteiger partial charge in [0.15, 0.2) is 0 Å². The van der Waals surface area contributed by atoms with E-state index in [1.165, 1.54) is 19.3 Å². The van der Waals surface area contributed by atoms with Gasteiger partial charge in [-0.2, -0.15) is 0 Å². The molecule has 0 heterocycles. The van der Waals surface area contributed by atoms with Crippen molar-refractivity contribution in [3.63, 3.8) is 0 Å². The Morgan fingerprint density at radius 1 is 1.60 bits per heavy atom. The summed E-state index contributed by atoms with van der Waals surface area (Å²) < 4.78 is 0. The van der Waals surface area contributed by atoms with Crippen LogP contribution >= 0.6 is 0 Å². The molecule has 1 fully saturated rings. The Labute approximate surface area is 62.6 Å². The fraction of sp³-hybridized carbons (Fsp3) is 1.00. The molecule has 1 atom stereocenters. The summed E-state index contributed by atoms with van der Waals surface area (Å²) in [6.07, 6.45) is 3.68. The maximum atomic E-state index is 9.44. The molecule has 2 nitrogen and oxygen atoms in total. The number of aliphatic hydroxyl groups excluding tert-OH is 1. The maximum Gasteiger partial charge on any atom is 0.0692 e. The molecule has 0 saturated heterocycles. The van der Waals surface area contributed by atoms with Gasteiger partial charge >= 0.3 is 0 Å². The second kappa shape index (κ2) is 3.94. The van der Waals surface area contributed by atoms with Gasteiger partial charge in [0.25, 0.3) is 0 Å². The van der Waals surface area contributed by atoms with Crippen LogP contribution in [-0.4, -0.2) is 24.3 Å². The van der Waals surface area contributed by atoms with E-state index in [9.17, 15) is 5.11 Å². The molecule has 0 radical (unpaired) electrons. The number of likely N-dealkylation sites (N-methyl/N-ethyl adjacent to an activating group) is 1. The molecule has 1 saturated carbocycles. The van der Waals surface area contributed by atoms with Gasteiger partial charge in [0.2, 0.25) is 0 Å². The van der Waals surface area contributed by atoms with E-state index >= 15 is 0 Å². The fourth-order valence-electron chi connectivity index (χ4n) is 1.28. The van der Waals surface area contributed by atoms with Crippen LogP contribution in [0.5, 0.6) is 0 Å². The third-order valence-corrected chi connectivity index (χ3v) is 2.30. The Morgan fingerprint density at radius 2 is 2.30 bits per heavy atom. The average molecular weight is 143 g/mol. The topological polar surface area (TPSA) is 32.3 Å². The molecule has 1 aliphatic rings. The minimum absolute atomic E-state index is 0.0892. The van der Waals surface area contributed by atoms with Gasteiger partial charge in [-0.3, -0.25) is 0 Å². The van der Waals surface area contributed by atoms with Crippen LogP contribution in [0.15, 0.2) is 0 Å². The standard InChI is InChI=1S/C8H17NO/c1-2-9-6-8(10)7-4-3-5-7/h7-10H,2-6H2,1H3. The van der Waals surface area contributed by atoms with Gasteiger partial charge in [0.1, 0.15) is 0 Å². The minimum atomic E-state index is -0.0892. The van der Waals surface area contributed by atoms with Gasteiger partial charge in [-0.25, -0.2) is 0 Å². The largest absolute Gasteiger partial charge is 0.392 e. The molecule has 2 heteroatoms. The first-order valence-electron chi connectivity index (χ1n) is 4.23. The first-order chi connectivity index (χ1) is 4.84. The molecular weight excluding hydrogens is 126 g/mol. The van der Waals surface area contributed by atoms with Crippen molar-refractivity contribution in [3.05, 3.63) is 0 Å². The fourth-order valence-corrected chi connectivity index (χ4v) is 1.28. The van der Waals surface area contributed by atoms with Crippen molar-refractivity contribution in [3.8, 4) is 0 Å². The van der Waals surface area contributed by atoms with Crippen LogP contribution in [0, 0.1) is 5.92 Å². The molecule has 1 unspecified atom stereocenters. The Morgan fingerprint density at radius 3 is 2.70 bits per heavy atom. The Kier molecular flexibility index (Phi) is 3.16. The lowest BCUT2D eigenvalue weighted by Crippen LogP contribution is -2.35. The van der Waals surface area contributed by atoms with Crippen LogP contribution in [0.4, 0.5) is 0 Å². The van der Waals surface area contributed by atoms with Gasteiger partial charge in [-0.15, -0.1) is 0 Å². The molecule has 1 aliphatic carbocycles. The molecule has 60 valence electrons. The van der Waals surface area contributed by atoms with E-state index in [0.29, 0.717) is 5.92 Å². The summed E-state index contributed by atoms with van der Waals surface area (Å²) in [5, 5.41) is 12.6. The van der Waals surface area contributed by atoms with Crippen molar-refractivity contribution >= 4 is 0 Å². The third kappa shape index (κ3) is 1.96. The van der Waals surface area contributed by atoms with Gasteiger partial charge in [0.05, 0.1) is 6.10 Å². The smallest absolute Gasteiger partial charge is 0.0692 e. The SMILES string of the molecule is CCNCC(O)C1CCC1. The summed E-state index contributed by atoms with van der Waals surface area (Å²) in [7, 11) is 0. The van der Waals surface area contributed by atoms with Crippen LogP contribution < -0.4 is 5.32 Å². The molecule has 0 amide bonds. The van der Waals surface area contributed by atoms with E-state index in [4.69, 9.17) is 0 Å². The predicted octanol–water partition coefficient (Wildman–Crippen LogP) is 0.757. The van der Waals surface area contributed by atoms with E-state index in [1.807, 2.05) is 0 Å². The van der Waals surface area contributed by atoms with E-state index in [-0.39, 0.29) is 6.10 Å². The lowest BCUT2D eigenvalue weighted by Gasteiger charge is -2.30. The lowest BCUT2D eigenvalue weighted by molar-refractivity contribution is 0.0629. The van der Waals surface area contributed by atoms with Gasteiger partial charge in [0, 0.05) is 6.54 Å². The maximum absolute atomic E-state index is 9.44. The van der Waals surface area contributed by atoms with Crippen molar-refractivity contribution < 1.29 is 5.11 Å². The van der Waals surface area contributed by atoms with E-state index < -0.39 is 0 Å².